The molecule has 0 saturated heterocycles. The van der Waals surface area contributed by atoms with Crippen molar-refractivity contribution in [1.82, 2.24) is 14.9 Å². The van der Waals surface area contributed by atoms with Crippen LogP contribution in [0.1, 0.15) is 37.2 Å². The van der Waals surface area contributed by atoms with Gasteiger partial charge in [-0.1, -0.05) is 0 Å². The van der Waals surface area contributed by atoms with E-state index in [1.165, 1.54) is 19.0 Å². The molecule has 0 spiro atoms. The molecule has 18 heavy (non-hydrogen) atoms. The largest absolute Gasteiger partial charge is 0.372 e. The highest BCUT2D eigenvalue weighted by Crippen LogP contribution is 2.30. The molecule has 1 fully saturated rings. The fraction of sp³-hybridized carbons (Fsp3) is 0.615. The van der Waals surface area contributed by atoms with Crippen molar-refractivity contribution >= 4 is 11.7 Å². The summed E-state index contributed by atoms with van der Waals surface area (Å²) in [6.07, 6.45) is 5.61. The third-order valence-electron chi connectivity index (χ3n) is 3.15. The number of rotatable bonds is 5. The number of nitrogens with one attached hydrogen (secondary N) is 1. The zero-order valence-electron chi connectivity index (χ0n) is 11.2. The van der Waals surface area contributed by atoms with Crippen LogP contribution in [0.15, 0.2) is 12.4 Å². The molecule has 5 heteroatoms. The van der Waals surface area contributed by atoms with Crippen molar-refractivity contribution in [3.63, 3.8) is 0 Å². The Labute approximate surface area is 108 Å². The zero-order chi connectivity index (χ0) is 13.1. The Hall–Kier alpha value is -1.65. The molecule has 1 saturated carbocycles. The lowest BCUT2D eigenvalue weighted by atomic mass is 10.2. The van der Waals surface area contributed by atoms with Gasteiger partial charge in [0, 0.05) is 19.6 Å². The topological polar surface area (TPSA) is 58.1 Å². The first-order chi connectivity index (χ1) is 8.61. The number of anilines is 1. The van der Waals surface area contributed by atoms with Gasteiger partial charge < -0.3 is 10.2 Å². The third kappa shape index (κ3) is 2.97. The Balaban J connectivity index is 2.15. The van der Waals surface area contributed by atoms with E-state index in [4.69, 9.17) is 0 Å². The first kappa shape index (κ1) is 12.8. The molecule has 0 unspecified atom stereocenters. The summed E-state index contributed by atoms with van der Waals surface area (Å²) in [6.45, 7) is 4.91. The van der Waals surface area contributed by atoms with Crippen molar-refractivity contribution < 1.29 is 4.79 Å². The SMILES string of the molecule is CNc1cncc(C(=O)N(CC2CC2)C(C)C)n1. The normalized spacial score (nSPS) is 14.7. The maximum absolute atomic E-state index is 12.4. The van der Waals surface area contributed by atoms with E-state index in [0.29, 0.717) is 17.4 Å². The van der Waals surface area contributed by atoms with Gasteiger partial charge in [0.1, 0.15) is 11.5 Å². The summed E-state index contributed by atoms with van der Waals surface area (Å²) >= 11 is 0. The average molecular weight is 248 g/mol. The van der Waals surface area contributed by atoms with Crippen molar-refractivity contribution in [2.75, 3.05) is 18.9 Å². The van der Waals surface area contributed by atoms with E-state index in [-0.39, 0.29) is 11.9 Å². The van der Waals surface area contributed by atoms with Crippen molar-refractivity contribution in [2.45, 2.75) is 32.7 Å². The number of carbonyl (C=O) groups excluding carboxylic acids is 1. The van der Waals surface area contributed by atoms with Gasteiger partial charge in [-0.05, 0) is 32.6 Å². The van der Waals surface area contributed by atoms with Crippen molar-refractivity contribution in [3.8, 4) is 0 Å². The third-order valence-corrected chi connectivity index (χ3v) is 3.15. The van der Waals surface area contributed by atoms with Crippen molar-refractivity contribution in [3.05, 3.63) is 18.1 Å². The Morgan fingerprint density at radius 3 is 2.78 bits per heavy atom. The van der Waals surface area contributed by atoms with Crippen LogP contribution in [0.2, 0.25) is 0 Å². The summed E-state index contributed by atoms with van der Waals surface area (Å²) < 4.78 is 0. The lowest BCUT2D eigenvalue weighted by Crippen LogP contribution is -2.39. The minimum Gasteiger partial charge on any atom is -0.372 e. The second-order valence-corrected chi connectivity index (χ2v) is 5.03. The minimum atomic E-state index is -0.0264. The summed E-state index contributed by atoms with van der Waals surface area (Å²) in [4.78, 5) is 22.6. The zero-order valence-corrected chi connectivity index (χ0v) is 11.2. The molecular weight excluding hydrogens is 228 g/mol. The second-order valence-electron chi connectivity index (χ2n) is 5.03. The van der Waals surface area contributed by atoms with Gasteiger partial charge in [-0.25, -0.2) is 4.98 Å². The van der Waals surface area contributed by atoms with Crippen LogP contribution >= 0.6 is 0 Å². The predicted octanol–water partition coefficient (Wildman–Crippen LogP) is 1.78. The fourth-order valence-electron chi connectivity index (χ4n) is 1.84. The van der Waals surface area contributed by atoms with E-state index in [0.717, 1.165) is 6.54 Å². The molecule has 5 nitrogen and oxygen atoms in total. The molecule has 1 aromatic heterocycles. The quantitative estimate of drug-likeness (QED) is 0.863. The maximum Gasteiger partial charge on any atom is 0.274 e. The van der Waals surface area contributed by atoms with Gasteiger partial charge >= 0.3 is 0 Å². The highest BCUT2D eigenvalue weighted by molar-refractivity contribution is 5.92. The maximum atomic E-state index is 12.4. The Morgan fingerprint density at radius 1 is 1.50 bits per heavy atom. The molecule has 0 atom stereocenters. The van der Waals surface area contributed by atoms with Crippen LogP contribution in [0.25, 0.3) is 0 Å². The van der Waals surface area contributed by atoms with E-state index in [2.05, 4.69) is 15.3 Å². The summed E-state index contributed by atoms with van der Waals surface area (Å²) in [5, 5.41) is 2.90. The molecule has 1 aliphatic carbocycles. The number of carbonyl (C=O) groups is 1. The summed E-state index contributed by atoms with van der Waals surface area (Å²) in [5.41, 5.74) is 0.413. The smallest absolute Gasteiger partial charge is 0.274 e. The van der Waals surface area contributed by atoms with E-state index in [1.54, 1.807) is 13.2 Å². The van der Waals surface area contributed by atoms with Gasteiger partial charge in [0.05, 0.1) is 12.4 Å². The fourth-order valence-corrected chi connectivity index (χ4v) is 1.84. The number of hydrogen-bond donors (Lipinski definition) is 1. The molecule has 0 aromatic carbocycles. The summed E-state index contributed by atoms with van der Waals surface area (Å²) in [5.74, 6) is 1.27. The first-order valence-electron chi connectivity index (χ1n) is 6.42. The van der Waals surface area contributed by atoms with Crippen molar-refractivity contribution in [2.24, 2.45) is 5.92 Å². The van der Waals surface area contributed by atoms with Gasteiger partial charge in [-0.2, -0.15) is 0 Å². The van der Waals surface area contributed by atoms with Crippen LogP contribution in [0, 0.1) is 5.92 Å². The standard InChI is InChI=1S/C13H20N4O/c1-9(2)17(8-10-4-5-10)13(18)11-6-15-7-12(14-3)16-11/h6-7,9-10H,4-5,8H2,1-3H3,(H,14,16). The lowest BCUT2D eigenvalue weighted by Gasteiger charge is -2.26. The molecule has 0 aliphatic heterocycles. The summed E-state index contributed by atoms with van der Waals surface area (Å²) in [7, 11) is 1.77. The van der Waals surface area contributed by atoms with Crippen LogP contribution in [0.4, 0.5) is 5.82 Å². The van der Waals surface area contributed by atoms with E-state index in [9.17, 15) is 4.79 Å². The van der Waals surface area contributed by atoms with E-state index < -0.39 is 0 Å². The first-order valence-corrected chi connectivity index (χ1v) is 6.42. The molecule has 1 heterocycles. The van der Waals surface area contributed by atoms with Crippen LogP contribution in [0.3, 0.4) is 0 Å². The van der Waals surface area contributed by atoms with Gasteiger partial charge in [0.2, 0.25) is 0 Å². The Bertz CT molecular complexity index is 429. The van der Waals surface area contributed by atoms with Crippen LogP contribution < -0.4 is 5.32 Å². The van der Waals surface area contributed by atoms with Gasteiger partial charge in [0.15, 0.2) is 0 Å². The average Bonchev–Trinajstić information content (AvgIpc) is 3.19. The molecule has 98 valence electrons. The van der Waals surface area contributed by atoms with E-state index >= 15 is 0 Å². The number of aromatic nitrogens is 2. The van der Waals surface area contributed by atoms with Crippen LogP contribution in [-0.2, 0) is 0 Å². The van der Waals surface area contributed by atoms with Gasteiger partial charge in [0.25, 0.3) is 5.91 Å². The monoisotopic (exact) mass is 248 g/mol. The van der Waals surface area contributed by atoms with E-state index in [1.807, 2.05) is 18.7 Å². The summed E-state index contributed by atoms with van der Waals surface area (Å²) in [6, 6.07) is 0.193. The Kier molecular flexibility index (Phi) is 3.79. The number of amides is 1. The molecule has 2 rings (SSSR count). The molecule has 1 aromatic rings. The van der Waals surface area contributed by atoms with Gasteiger partial charge in [-0.15, -0.1) is 0 Å². The molecule has 1 amide bonds. The molecular formula is C13H20N4O. The molecule has 1 N–H and O–H groups in total. The molecule has 0 radical (unpaired) electrons. The predicted molar refractivity (Wildman–Crippen MR) is 70.5 cm³/mol. The van der Waals surface area contributed by atoms with Crippen LogP contribution in [0.5, 0.6) is 0 Å². The lowest BCUT2D eigenvalue weighted by molar-refractivity contribution is 0.0690. The highest BCUT2D eigenvalue weighted by Gasteiger charge is 2.29. The Morgan fingerprint density at radius 2 is 2.22 bits per heavy atom. The molecule has 1 aliphatic rings. The number of nitrogens with zero attached hydrogens (tertiary/aromatic N) is 3. The second kappa shape index (κ2) is 5.33. The number of hydrogen-bond acceptors (Lipinski definition) is 4. The van der Waals surface area contributed by atoms with Crippen molar-refractivity contribution in [1.29, 1.82) is 0 Å². The van der Waals surface area contributed by atoms with Gasteiger partial charge in [-0.3, -0.25) is 9.78 Å². The molecule has 0 bridgehead atoms. The van der Waals surface area contributed by atoms with Crippen LogP contribution in [-0.4, -0.2) is 40.4 Å². The minimum absolute atomic E-state index is 0.0264. The highest BCUT2D eigenvalue weighted by atomic mass is 16.2.